The van der Waals surface area contributed by atoms with Gasteiger partial charge in [0.25, 0.3) is 0 Å². The number of esters is 1. The summed E-state index contributed by atoms with van der Waals surface area (Å²) in [5.41, 5.74) is 0. The molecule has 0 bridgehead atoms. The molecule has 12 heteroatoms. The lowest BCUT2D eigenvalue weighted by molar-refractivity contribution is -0.147. The Morgan fingerprint density at radius 2 is 0.948 bits per heavy atom. The third kappa shape index (κ3) is 39.2. The van der Waals surface area contributed by atoms with Crippen molar-refractivity contribution < 1.29 is 47.8 Å². The molecule has 11 nitrogen and oxygen atoms in total. The molecule has 328 valence electrons. The number of amides is 1. The maximum atomic E-state index is 12.3. The summed E-state index contributed by atoms with van der Waals surface area (Å²) in [5, 5.41) is 21.8. The monoisotopic (exact) mass is 832 g/mol. The molecular formula is C46H74NO10P. The summed E-state index contributed by atoms with van der Waals surface area (Å²) in [6.07, 6.45) is 50.0. The number of carbonyl (C=O) groups excluding carboxylic acids is 2. The maximum Gasteiger partial charge on any atom is 0.472 e. The molecule has 0 aromatic heterocycles. The first-order chi connectivity index (χ1) is 28.1. The molecule has 0 aromatic rings. The minimum absolute atomic E-state index is 0.0991. The molecule has 0 aliphatic carbocycles. The van der Waals surface area contributed by atoms with Crippen molar-refractivity contribution in [1.82, 2.24) is 5.32 Å². The smallest absolute Gasteiger partial charge is 0.472 e. The SMILES string of the molecule is CC/C=C\C/C=C\C/C=C\C/C=C\C/C=C\CCCCCC(=O)NC(COP(=O)(O)OCC(O)COC(=O)CCCCCCC/C=C\C/C=C\C/C=C\CC)C(=O)O. The number of carboxylic acids is 1. The fourth-order valence-electron chi connectivity index (χ4n) is 5.12. The van der Waals surface area contributed by atoms with Gasteiger partial charge in [0.1, 0.15) is 12.7 Å². The van der Waals surface area contributed by atoms with E-state index in [9.17, 15) is 34.1 Å². The first-order valence-corrected chi connectivity index (χ1v) is 22.8. The highest BCUT2D eigenvalue weighted by molar-refractivity contribution is 7.47. The van der Waals surface area contributed by atoms with Gasteiger partial charge in [0.2, 0.25) is 5.91 Å². The zero-order chi connectivity index (χ0) is 42.8. The van der Waals surface area contributed by atoms with Crippen LogP contribution in [0.25, 0.3) is 0 Å². The Hall–Kier alpha value is -3.60. The van der Waals surface area contributed by atoms with Gasteiger partial charge in [0, 0.05) is 12.8 Å². The number of allylic oxidation sites excluding steroid dienone is 16. The van der Waals surface area contributed by atoms with Crippen molar-refractivity contribution in [3.63, 3.8) is 0 Å². The number of aliphatic carboxylic acids is 1. The van der Waals surface area contributed by atoms with Crippen LogP contribution in [0.4, 0.5) is 0 Å². The van der Waals surface area contributed by atoms with E-state index in [2.05, 4.69) is 116 Å². The van der Waals surface area contributed by atoms with Gasteiger partial charge in [-0.15, -0.1) is 0 Å². The zero-order valence-electron chi connectivity index (χ0n) is 35.3. The highest BCUT2D eigenvalue weighted by Crippen LogP contribution is 2.43. The molecule has 0 fully saturated rings. The number of phosphoric acid groups is 1. The zero-order valence-corrected chi connectivity index (χ0v) is 36.2. The van der Waals surface area contributed by atoms with Gasteiger partial charge in [-0.3, -0.25) is 18.6 Å². The van der Waals surface area contributed by atoms with Crippen LogP contribution >= 0.6 is 7.82 Å². The molecule has 0 spiro atoms. The molecule has 4 N–H and O–H groups in total. The summed E-state index contributed by atoms with van der Waals surface area (Å²) < 4.78 is 26.8. The number of hydrogen-bond acceptors (Lipinski definition) is 8. The number of hydrogen-bond donors (Lipinski definition) is 4. The number of carbonyl (C=O) groups is 3. The van der Waals surface area contributed by atoms with Crippen molar-refractivity contribution in [3.05, 3.63) is 97.2 Å². The van der Waals surface area contributed by atoms with Crippen molar-refractivity contribution in [2.75, 3.05) is 19.8 Å². The van der Waals surface area contributed by atoms with Gasteiger partial charge >= 0.3 is 19.8 Å². The van der Waals surface area contributed by atoms with E-state index in [1.807, 2.05) is 0 Å². The number of unbranched alkanes of at least 4 members (excludes halogenated alkanes) is 8. The molecule has 0 saturated carbocycles. The number of nitrogens with one attached hydrogen (secondary N) is 1. The average molecular weight is 832 g/mol. The van der Waals surface area contributed by atoms with Crippen LogP contribution in [0.5, 0.6) is 0 Å². The Morgan fingerprint density at radius 3 is 1.43 bits per heavy atom. The molecule has 0 aliphatic rings. The number of aliphatic hydroxyl groups excluding tert-OH is 1. The van der Waals surface area contributed by atoms with Crippen LogP contribution in [-0.2, 0) is 32.7 Å². The summed E-state index contributed by atoms with van der Waals surface area (Å²) in [6, 6.07) is -1.57. The third-order valence-electron chi connectivity index (χ3n) is 8.37. The highest BCUT2D eigenvalue weighted by Gasteiger charge is 2.28. The molecular weight excluding hydrogens is 757 g/mol. The van der Waals surface area contributed by atoms with Crippen molar-refractivity contribution in [2.24, 2.45) is 0 Å². The highest BCUT2D eigenvalue weighted by atomic mass is 31.2. The average Bonchev–Trinajstić information content (AvgIpc) is 3.20. The number of rotatable bonds is 38. The standard InChI is InChI=1S/C46H74NO10P/c1-3-5-7-9-11-13-15-17-19-20-21-22-24-25-27-29-31-33-35-37-44(49)47-43(46(51)52)41-57-58(53,54)56-40-42(48)39-55-45(50)38-36-34-32-30-28-26-23-18-16-14-12-10-8-6-4-2/h5-8,11-14,17-19,21-23,25,27,42-43,48H,3-4,9-10,15-16,20,24,26,28-41H2,1-2H3,(H,47,49)(H,51,52)(H,53,54)/b7-5-,8-6-,13-11-,14-12-,19-17-,22-21-,23-18-,27-25-. The summed E-state index contributed by atoms with van der Waals surface area (Å²) in [6.45, 7) is 2.30. The number of aliphatic hydroxyl groups is 1. The lowest BCUT2D eigenvalue weighted by atomic mass is 10.1. The van der Waals surface area contributed by atoms with Crippen LogP contribution < -0.4 is 5.32 Å². The van der Waals surface area contributed by atoms with E-state index in [1.165, 1.54) is 0 Å². The van der Waals surface area contributed by atoms with Gasteiger partial charge in [-0.25, -0.2) is 9.36 Å². The Balaban J connectivity index is 4.02. The third-order valence-corrected chi connectivity index (χ3v) is 9.32. The van der Waals surface area contributed by atoms with Crippen LogP contribution in [0.2, 0.25) is 0 Å². The molecule has 58 heavy (non-hydrogen) atoms. The number of ether oxygens (including phenoxy) is 1. The molecule has 3 atom stereocenters. The second-order valence-corrected chi connectivity index (χ2v) is 15.2. The second kappa shape index (κ2) is 40.2. The fraction of sp³-hybridized carbons (Fsp3) is 0.587. The summed E-state index contributed by atoms with van der Waals surface area (Å²) in [4.78, 5) is 45.9. The normalized spacial score (nSPS) is 14.7. The van der Waals surface area contributed by atoms with Crippen molar-refractivity contribution in [2.45, 2.75) is 154 Å². The van der Waals surface area contributed by atoms with Crippen molar-refractivity contribution in [1.29, 1.82) is 0 Å². The van der Waals surface area contributed by atoms with Crippen LogP contribution in [0.15, 0.2) is 97.2 Å². The van der Waals surface area contributed by atoms with Crippen molar-refractivity contribution >= 4 is 25.7 Å². The van der Waals surface area contributed by atoms with E-state index in [0.717, 1.165) is 103 Å². The summed E-state index contributed by atoms with van der Waals surface area (Å²) >= 11 is 0. The molecule has 1 amide bonds. The Kier molecular flexibility index (Phi) is 37.7. The molecule has 0 aliphatic heterocycles. The van der Waals surface area contributed by atoms with Gasteiger partial charge in [0.05, 0.1) is 13.2 Å². The Labute approximate surface area is 349 Å². The molecule has 0 heterocycles. The van der Waals surface area contributed by atoms with Gasteiger partial charge in [-0.2, -0.15) is 0 Å². The van der Waals surface area contributed by atoms with Crippen LogP contribution in [0.1, 0.15) is 142 Å². The molecule has 0 aromatic carbocycles. The van der Waals surface area contributed by atoms with E-state index in [-0.39, 0.29) is 12.8 Å². The van der Waals surface area contributed by atoms with Crippen LogP contribution in [0.3, 0.4) is 0 Å². The largest absolute Gasteiger partial charge is 0.480 e. The second-order valence-electron chi connectivity index (χ2n) is 13.8. The Morgan fingerprint density at radius 1 is 0.552 bits per heavy atom. The molecule has 0 rings (SSSR count). The van der Waals surface area contributed by atoms with Gasteiger partial charge < -0.3 is 25.2 Å². The lowest BCUT2D eigenvalue weighted by Crippen LogP contribution is -2.43. The van der Waals surface area contributed by atoms with E-state index < -0.39 is 57.6 Å². The van der Waals surface area contributed by atoms with Gasteiger partial charge in [-0.05, 0) is 89.9 Å². The minimum atomic E-state index is -4.78. The Bertz CT molecular complexity index is 1350. The molecule has 0 saturated heterocycles. The maximum absolute atomic E-state index is 12.3. The molecule has 0 radical (unpaired) electrons. The first-order valence-electron chi connectivity index (χ1n) is 21.3. The van der Waals surface area contributed by atoms with Crippen LogP contribution in [-0.4, -0.2) is 64.9 Å². The van der Waals surface area contributed by atoms with E-state index >= 15 is 0 Å². The van der Waals surface area contributed by atoms with Crippen LogP contribution in [0, 0.1) is 0 Å². The first kappa shape index (κ1) is 54.4. The van der Waals surface area contributed by atoms with Gasteiger partial charge in [0.15, 0.2) is 6.04 Å². The lowest BCUT2D eigenvalue weighted by Gasteiger charge is -2.18. The quantitative estimate of drug-likeness (QED) is 0.0203. The molecule has 3 unspecified atom stereocenters. The van der Waals surface area contributed by atoms with E-state index in [4.69, 9.17) is 13.8 Å². The van der Waals surface area contributed by atoms with Gasteiger partial charge in [-0.1, -0.05) is 137 Å². The minimum Gasteiger partial charge on any atom is -0.480 e. The summed E-state index contributed by atoms with van der Waals surface area (Å²) in [7, 11) is -4.78. The predicted molar refractivity (Wildman–Crippen MR) is 235 cm³/mol. The summed E-state index contributed by atoms with van der Waals surface area (Å²) in [5.74, 6) is -2.45. The topological polar surface area (TPSA) is 169 Å². The fourth-order valence-corrected chi connectivity index (χ4v) is 5.89. The number of carboxylic acid groups (broad SMARTS) is 1. The number of phosphoric ester groups is 1. The predicted octanol–water partition coefficient (Wildman–Crippen LogP) is 10.9. The van der Waals surface area contributed by atoms with E-state index in [0.29, 0.717) is 12.8 Å². The van der Waals surface area contributed by atoms with Crippen molar-refractivity contribution in [3.8, 4) is 0 Å². The van der Waals surface area contributed by atoms with E-state index in [1.54, 1.807) is 0 Å².